The molecule has 8 nitrogen and oxygen atoms in total. The first kappa shape index (κ1) is 23.8. The summed E-state index contributed by atoms with van der Waals surface area (Å²) < 4.78 is 18.4. The van der Waals surface area contributed by atoms with E-state index in [1.165, 1.54) is 17.4 Å². The predicted octanol–water partition coefficient (Wildman–Crippen LogP) is 5.30. The molecule has 1 saturated carbocycles. The number of carbonyl (C=O) groups is 2. The number of phenolic OH excluding ortho intramolecular Hbond substituents is 1. The third kappa shape index (κ3) is 3.92. The number of aromatic nitrogens is 1. The van der Waals surface area contributed by atoms with Crippen LogP contribution in [0.5, 0.6) is 17.2 Å². The maximum atomic E-state index is 13.9. The first-order chi connectivity index (χ1) is 18.0. The van der Waals surface area contributed by atoms with Crippen LogP contribution in [0.25, 0.3) is 10.2 Å². The van der Waals surface area contributed by atoms with Gasteiger partial charge in [0.05, 0.1) is 41.0 Å². The number of ketones is 1. The van der Waals surface area contributed by atoms with Crippen molar-refractivity contribution in [3.63, 3.8) is 0 Å². The molecular weight excluding hydrogens is 492 g/mol. The molecule has 1 N–H and O–H groups in total. The minimum absolute atomic E-state index is 0.00215. The second kappa shape index (κ2) is 9.37. The maximum Gasteiger partial charge on any atom is 0.296 e. The first-order valence-electron chi connectivity index (χ1n) is 12.8. The highest BCUT2D eigenvalue weighted by atomic mass is 32.1. The number of benzene rings is 2. The molecule has 3 unspecified atom stereocenters. The average molecular weight is 521 g/mol. The molecule has 3 atom stereocenters. The van der Waals surface area contributed by atoms with E-state index in [-0.39, 0.29) is 35.2 Å². The normalized spacial score (nSPS) is 23.2. The van der Waals surface area contributed by atoms with Gasteiger partial charge in [-0.25, -0.2) is 4.98 Å². The van der Waals surface area contributed by atoms with Crippen molar-refractivity contribution < 1.29 is 28.9 Å². The van der Waals surface area contributed by atoms with Crippen molar-refractivity contribution in [2.75, 3.05) is 18.1 Å². The lowest BCUT2D eigenvalue weighted by molar-refractivity contribution is -0.131. The smallest absolute Gasteiger partial charge is 0.296 e. The third-order valence-electron chi connectivity index (χ3n) is 7.23. The van der Waals surface area contributed by atoms with Gasteiger partial charge in [0.25, 0.3) is 5.91 Å². The standard InChI is InChI=1S/C28H28N2O6S/c1-3-34-16-10-11-18-22(14-16)37-28(29-18)30-24(15-9-12-19(31)21(13-15)35-4-2)23-25(32)17-7-5-6-8-20(17)36-26(23)27(30)33/h9-14,17,20,24,31H,3-8H2,1-2H3. The quantitative estimate of drug-likeness (QED) is 0.471. The van der Waals surface area contributed by atoms with Crippen LogP contribution in [0.2, 0.25) is 0 Å². The van der Waals surface area contributed by atoms with Crippen molar-refractivity contribution in [3.8, 4) is 17.2 Å². The minimum atomic E-state index is -0.732. The van der Waals surface area contributed by atoms with Crippen molar-refractivity contribution in [2.24, 2.45) is 5.92 Å². The molecule has 0 bridgehead atoms. The van der Waals surface area contributed by atoms with Gasteiger partial charge in [0, 0.05) is 0 Å². The molecule has 192 valence electrons. The summed E-state index contributed by atoms with van der Waals surface area (Å²) in [5.41, 5.74) is 1.76. The van der Waals surface area contributed by atoms with Crippen LogP contribution >= 0.6 is 11.3 Å². The van der Waals surface area contributed by atoms with E-state index in [9.17, 15) is 14.7 Å². The predicted molar refractivity (Wildman–Crippen MR) is 139 cm³/mol. The Morgan fingerprint density at radius 2 is 1.89 bits per heavy atom. The zero-order valence-corrected chi connectivity index (χ0v) is 21.5. The minimum Gasteiger partial charge on any atom is -0.504 e. The number of Topliss-reactive ketones (excluding diaryl/α,β-unsaturated/α-hetero) is 1. The molecule has 3 aromatic rings. The van der Waals surface area contributed by atoms with Gasteiger partial charge in [-0.3, -0.25) is 14.5 Å². The Labute approximate surface area is 218 Å². The Balaban J connectivity index is 1.49. The van der Waals surface area contributed by atoms with Crippen molar-refractivity contribution in [1.29, 1.82) is 0 Å². The highest BCUT2D eigenvalue weighted by Gasteiger charge is 2.53. The molecular formula is C28H28N2O6S. The largest absolute Gasteiger partial charge is 0.504 e. The number of hydrogen-bond donors (Lipinski definition) is 1. The summed E-state index contributed by atoms with van der Waals surface area (Å²) in [6, 6.07) is 9.85. The fraction of sp³-hybridized carbons (Fsp3) is 0.393. The summed E-state index contributed by atoms with van der Waals surface area (Å²) in [7, 11) is 0. The fourth-order valence-electron chi connectivity index (χ4n) is 5.58. The number of thiazole rings is 1. The summed E-state index contributed by atoms with van der Waals surface area (Å²) >= 11 is 1.37. The van der Waals surface area contributed by atoms with E-state index in [4.69, 9.17) is 19.2 Å². The Morgan fingerprint density at radius 3 is 2.70 bits per heavy atom. The van der Waals surface area contributed by atoms with Crippen molar-refractivity contribution >= 4 is 38.4 Å². The molecule has 0 spiro atoms. The number of phenols is 1. The van der Waals surface area contributed by atoms with Crippen molar-refractivity contribution in [3.05, 3.63) is 53.3 Å². The Kier molecular flexibility index (Phi) is 6.03. The second-order valence-electron chi connectivity index (χ2n) is 9.45. The Morgan fingerprint density at radius 1 is 1.08 bits per heavy atom. The van der Waals surface area contributed by atoms with Gasteiger partial charge in [0.1, 0.15) is 11.9 Å². The van der Waals surface area contributed by atoms with Crippen molar-refractivity contribution in [2.45, 2.75) is 51.7 Å². The highest BCUT2D eigenvalue weighted by molar-refractivity contribution is 7.22. The van der Waals surface area contributed by atoms with E-state index in [0.29, 0.717) is 35.2 Å². The van der Waals surface area contributed by atoms with Gasteiger partial charge >= 0.3 is 0 Å². The lowest BCUT2D eigenvalue weighted by Gasteiger charge is -2.35. The Hall–Kier alpha value is -3.59. The van der Waals surface area contributed by atoms with Crippen molar-refractivity contribution in [1.82, 2.24) is 4.98 Å². The van der Waals surface area contributed by atoms with Gasteiger partial charge < -0.3 is 19.3 Å². The van der Waals surface area contributed by atoms with Gasteiger partial charge in [-0.2, -0.15) is 0 Å². The number of carbonyl (C=O) groups excluding carboxylic acids is 2. The van der Waals surface area contributed by atoms with E-state index in [1.54, 1.807) is 17.0 Å². The van der Waals surface area contributed by atoms with E-state index in [2.05, 4.69) is 0 Å². The van der Waals surface area contributed by atoms with Crippen LogP contribution in [-0.2, 0) is 14.3 Å². The van der Waals surface area contributed by atoms with Crippen LogP contribution in [0.4, 0.5) is 5.13 Å². The molecule has 0 radical (unpaired) electrons. The molecule has 3 aliphatic rings. The number of aromatic hydroxyl groups is 1. The van der Waals surface area contributed by atoms with E-state index in [1.807, 2.05) is 32.0 Å². The summed E-state index contributed by atoms with van der Waals surface area (Å²) in [4.78, 5) is 34.1. The molecule has 2 aliphatic heterocycles. The molecule has 1 aliphatic carbocycles. The number of nitrogens with zero attached hydrogens (tertiary/aromatic N) is 2. The molecule has 37 heavy (non-hydrogen) atoms. The third-order valence-corrected chi connectivity index (χ3v) is 8.25. The molecule has 1 amide bonds. The van der Waals surface area contributed by atoms with Crippen LogP contribution in [0.3, 0.4) is 0 Å². The molecule has 0 saturated heterocycles. The van der Waals surface area contributed by atoms with E-state index >= 15 is 0 Å². The van der Waals surface area contributed by atoms with E-state index in [0.717, 1.165) is 41.6 Å². The average Bonchev–Trinajstić information content (AvgIpc) is 3.44. The zero-order valence-electron chi connectivity index (χ0n) is 20.7. The molecule has 3 heterocycles. The first-order valence-corrected chi connectivity index (χ1v) is 13.6. The highest BCUT2D eigenvalue weighted by Crippen LogP contribution is 2.50. The van der Waals surface area contributed by atoms with Crippen LogP contribution in [0, 0.1) is 5.92 Å². The maximum absolute atomic E-state index is 13.9. The molecule has 2 aromatic carbocycles. The number of rotatable bonds is 6. The number of fused-ring (bicyclic) bond motifs is 2. The summed E-state index contributed by atoms with van der Waals surface area (Å²) in [5.74, 6) is 0.498. The van der Waals surface area contributed by atoms with Gasteiger partial charge in [0.15, 0.2) is 28.2 Å². The van der Waals surface area contributed by atoms with Crippen LogP contribution in [0.1, 0.15) is 51.1 Å². The second-order valence-corrected chi connectivity index (χ2v) is 10.5. The topological polar surface area (TPSA) is 98.2 Å². The lowest BCUT2D eigenvalue weighted by atomic mass is 9.77. The molecule has 1 fully saturated rings. The number of hydrogen-bond acceptors (Lipinski definition) is 8. The zero-order chi connectivity index (χ0) is 25.7. The summed E-state index contributed by atoms with van der Waals surface area (Å²) in [6.45, 7) is 4.67. The van der Waals surface area contributed by atoms with Crippen LogP contribution in [0.15, 0.2) is 47.7 Å². The molecule has 6 rings (SSSR count). The van der Waals surface area contributed by atoms with Gasteiger partial charge in [-0.05, 0) is 69.0 Å². The summed E-state index contributed by atoms with van der Waals surface area (Å²) in [6.07, 6.45) is 3.19. The molecule has 9 heteroatoms. The van der Waals surface area contributed by atoms with Gasteiger partial charge in [-0.15, -0.1) is 0 Å². The van der Waals surface area contributed by atoms with Crippen LogP contribution in [-0.4, -0.2) is 41.1 Å². The summed E-state index contributed by atoms with van der Waals surface area (Å²) in [5, 5.41) is 10.8. The fourth-order valence-corrected chi connectivity index (χ4v) is 6.60. The van der Waals surface area contributed by atoms with E-state index < -0.39 is 6.04 Å². The number of anilines is 1. The lowest BCUT2D eigenvalue weighted by Crippen LogP contribution is -2.39. The van der Waals surface area contributed by atoms with Gasteiger partial charge in [0.2, 0.25) is 0 Å². The van der Waals surface area contributed by atoms with Crippen LogP contribution < -0.4 is 14.4 Å². The SMILES string of the molecule is CCOc1ccc2nc(N3C(=O)C4=C(C(=O)C5CCCCC5O4)C3c3ccc(O)c(OCC)c3)sc2c1. The monoisotopic (exact) mass is 520 g/mol. The van der Waals surface area contributed by atoms with Gasteiger partial charge in [-0.1, -0.05) is 23.8 Å². The number of ether oxygens (including phenoxy) is 3. The molecule has 1 aromatic heterocycles. The Bertz CT molecular complexity index is 1430. The number of amides is 1.